The predicted octanol–water partition coefficient (Wildman–Crippen LogP) is 5.11. The summed E-state index contributed by atoms with van der Waals surface area (Å²) in [6.07, 6.45) is 2.04. The van der Waals surface area contributed by atoms with Crippen LogP contribution in [-0.4, -0.2) is 6.26 Å². The Morgan fingerprint density at radius 3 is 1.62 bits per heavy atom. The topological polar surface area (TPSA) is 0 Å². The van der Waals surface area contributed by atoms with Crippen molar-refractivity contribution in [2.24, 2.45) is 0 Å². The van der Waals surface area contributed by atoms with E-state index >= 15 is 0 Å². The van der Waals surface area contributed by atoms with Gasteiger partial charge in [0.25, 0.3) is 0 Å². The van der Waals surface area contributed by atoms with Crippen molar-refractivity contribution in [1.29, 1.82) is 0 Å². The van der Waals surface area contributed by atoms with Crippen molar-refractivity contribution in [3.8, 4) is 0 Å². The number of halogens is 1. The monoisotopic (exact) mass is 218 g/mol. The van der Waals surface area contributed by atoms with Gasteiger partial charge in [0, 0.05) is 9.92 Å². The lowest BCUT2D eigenvalue weighted by Crippen LogP contribution is -1.66. The lowest BCUT2D eigenvalue weighted by atomic mass is 10.4. The highest BCUT2D eigenvalue weighted by atomic mass is 35.5. The first-order valence-corrected chi connectivity index (χ1v) is 6.23. The van der Waals surface area contributed by atoms with Crippen LogP contribution in [0.25, 0.3) is 0 Å². The maximum Gasteiger partial charge on any atom is 0.0406 e. The molecule has 0 aliphatic carbocycles. The molecule has 0 nitrogen and oxygen atoms in total. The van der Waals surface area contributed by atoms with Crippen LogP contribution in [0.15, 0.2) is 29.2 Å². The smallest absolute Gasteiger partial charge is 0.0406 e. The van der Waals surface area contributed by atoms with Gasteiger partial charge in [0.2, 0.25) is 0 Å². The summed E-state index contributed by atoms with van der Waals surface area (Å²) in [6, 6.07) is 7.81. The lowest BCUT2D eigenvalue weighted by molar-refractivity contribution is 1.47. The number of benzene rings is 1. The minimum atomic E-state index is 0.799. The average Bonchev–Trinajstić information content (AvgIpc) is 2.25. The summed E-state index contributed by atoms with van der Waals surface area (Å²) in [5.41, 5.74) is 0. The van der Waals surface area contributed by atoms with Crippen molar-refractivity contribution in [2.75, 3.05) is 6.26 Å². The quantitative estimate of drug-likeness (QED) is 0.590. The molecule has 0 radical (unpaired) electrons. The fraction of sp³-hybridized carbons (Fsp3) is 0.455. The highest BCUT2D eigenvalue weighted by molar-refractivity contribution is 7.98. The van der Waals surface area contributed by atoms with Crippen molar-refractivity contribution in [2.45, 2.75) is 32.6 Å². The van der Waals surface area contributed by atoms with E-state index in [9.17, 15) is 0 Å². The summed E-state index contributed by atoms with van der Waals surface area (Å²) in [5.74, 6) is 0. The molecule has 1 aromatic rings. The third-order valence-electron chi connectivity index (χ3n) is 1.05. The third kappa shape index (κ3) is 8.20. The number of thioether (sulfide) groups is 1. The van der Waals surface area contributed by atoms with Crippen LogP contribution in [0.4, 0.5) is 0 Å². The molecule has 0 fully saturated rings. The van der Waals surface area contributed by atoms with E-state index < -0.39 is 0 Å². The first kappa shape index (κ1) is 15.3. The molecular weight excluding hydrogens is 200 g/mol. The van der Waals surface area contributed by atoms with Crippen LogP contribution in [0.2, 0.25) is 5.02 Å². The molecule has 0 saturated heterocycles. The molecule has 0 unspecified atom stereocenters. The molecule has 0 bridgehead atoms. The molecule has 0 aliphatic rings. The van der Waals surface area contributed by atoms with Gasteiger partial charge < -0.3 is 0 Å². The van der Waals surface area contributed by atoms with E-state index in [4.69, 9.17) is 11.6 Å². The Kier molecular flexibility index (Phi) is 14.0. The Morgan fingerprint density at radius 2 is 1.31 bits per heavy atom. The van der Waals surface area contributed by atoms with Crippen LogP contribution < -0.4 is 0 Å². The van der Waals surface area contributed by atoms with Gasteiger partial charge in [0.1, 0.15) is 0 Å². The molecule has 1 aromatic carbocycles. The molecule has 0 amide bonds. The molecular formula is C11H19ClS. The van der Waals surface area contributed by atoms with Gasteiger partial charge in [-0.2, -0.15) is 0 Å². The van der Waals surface area contributed by atoms with Gasteiger partial charge in [0.15, 0.2) is 0 Å². The molecule has 0 aliphatic heterocycles. The van der Waals surface area contributed by atoms with Gasteiger partial charge in [-0.1, -0.05) is 39.3 Å². The summed E-state index contributed by atoms with van der Waals surface area (Å²) in [5, 5.41) is 0.799. The van der Waals surface area contributed by atoms with E-state index in [1.165, 1.54) is 4.90 Å². The molecule has 76 valence electrons. The van der Waals surface area contributed by atoms with E-state index in [0.717, 1.165) is 5.02 Å². The fourth-order valence-corrected chi connectivity index (χ4v) is 1.10. The van der Waals surface area contributed by atoms with E-state index in [1.54, 1.807) is 11.8 Å². The van der Waals surface area contributed by atoms with E-state index in [1.807, 2.05) is 58.2 Å². The summed E-state index contributed by atoms with van der Waals surface area (Å²) in [4.78, 5) is 1.25. The molecule has 0 N–H and O–H groups in total. The molecule has 0 atom stereocenters. The van der Waals surface area contributed by atoms with Crippen molar-refractivity contribution in [3.05, 3.63) is 29.3 Å². The summed E-state index contributed by atoms with van der Waals surface area (Å²) >= 11 is 7.38. The second-order valence-corrected chi connectivity index (χ2v) is 2.97. The highest BCUT2D eigenvalue weighted by Gasteiger charge is 1.86. The summed E-state index contributed by atoms with van der Waals surface area (Å²) in [7, 11) is 0. The predicted molar refractivity (Wildman–Crippen MR) is 65.9 cm³/mol. The Bertz CT molecular complexity index is 182. The number of rotatable bonds is 1. The standard InChI is InChI=1S/C7H7ClS.2C2H6/c1-9-7-4-2-6(8)3-5-7;2*1-2/h2-5H,1H3;2*1-2H3. The molecule has 0 saturated carbocycles. The van der Waals surface area contributed by atoms with Crippen molar-refractivity contribution >= 4 is 23.4 Å². The highest BCUT2D eigenvalue weighted by Crippen LogP contribution is 2.16. The zero-order valence-electron chi connectivity index (χ0n) is 9.10. The third-order valence-corrected chi connectivity index (χ3v) is 2.04. The minimum Gasteiger partial charge on any atom is -0.130 e. The molecule has 0 spiro atoms. The Balaban J connectivity index is 0. The largest absolute Gasteiger partial charge is 0.130 e. The van der Waals surface area contributed by atoms with Gasteiger partial charge in [-0.05, 0) is 30.5 Å². The normalized spacial score (nSPS) is 7.54. The maximum absolute atomic E-state index is 5.66. The second kappa shape index (κ2) is 11.9. The fourth-order valence-electron chi connectivity index (χ4n) is 0.571. The van der Waals surface area contributed by atoms with Gasteiger partial charge in [-0.15, -0.1) is 11.8 Å². The number of hydrogen-bond donors (Lipinski definition) is 0. The average molecular weight is 219 g/mol. The Morgan fingerprint density at radius 1 is 0.923 bits per heavy atom. The van der Waals surface area contributed by atoms with Crippen LogP contribution >= 0.6 is 23.4 Å². The second-order valence-electron chi connectivity index (χ2n) is 1.66. The van der Waals surface area contributed by atoms with Crippen LogP contribution in [0.1, 0.15) is 27.7 Å². The summed E-state index contributed by atoms with van der Waals surface area (Å²) in [6.45, 7) is 8.00. The first-order valence-electron chi connectivity index (χ1n) is 4.62. The molecule has 2 heteroatoms. The van der Waals surface area contributed by atoms with Crippen LogP contribution in [0.5, 0.6) is 0 Å². The SMILES string of the molecule is CC.CC.CSc1ccc(Cl)cc1. The zero-order valence-corrected chi connectivity index (χ0v) is 10.7. The molecule has 13 heavy (non-hydrogen) atoms. The summed E-state index contributed by atoms with van der Waals surface area (Å²) < 4.78 is 0. The molecule has 0 heterocycles. The van der Waals surface area contributed by atoms with Gasteiger partial charge >= 0.3 is 0 Å². The van der Waals surface area contributed by atoms with Crippen molar-refractivity contribution in [1.82, 2.24) is 0 Å². The molecule has 1 rings (SSSR count). The molecule has 0 aromatic heterocycles. The Labute approximate surface area is 91.7 Å². The zero-order chi connectivity index (χ0) is 10.7. The first-order chi connectivity index (χ1) is 6.33. The Hall–Kier alpha value is -0.140. The van der Waals surface area contributed by atoms with Crippen LogP contribution in [-0.2, 0) is 0 Å². The van der Waals surface area contributed by atoms with Crippen molar-refractivity contribution in [3.63, 3.8) is 0 Å². The van der Waals surface area contributed by atoms with Crippen molar-refractivity contribution < 1.29 is 0 Å². The van der Waals surface area contributed by atoms with Gasteiger partial charge in [0.05, 0.1) is 0 Å². The lowest BCUT2D eigenvalue weighted by Gasteiger charge is -1.92. The van der Waals surface area contributed by atoms with Gasteiger partial charge in [-0.3, -0.25) is 0 Å². The minimum absolute atomic E-state index is 0.799. The van der Waals surface area contributed by atoms with Crippen LogP contribution in [0.3, 0.4) is 0 Å². The van der Waals surface area contributed by atoms with Crippen LogP contribution in [0, 0.1) is 0 Å². The van der Waals surface area contributed by atoms with Gasteiger partial charge in [-0.25, -0.2) is 0 Å². The number of hydrogen-bond acceptors (Lipinski definition) is 1. The van der Waals surface area contributed by atoms with E-state index in [0.29, 0.717) is 0 Å². The van der Waals surface area contributed by atoms with E-state index in [2.05, 4.69) is 0 Å². The van der Waals surface area contributed by atoms with E-state index in [-0.39, 0.29) is 0 Å². The maximum atomic E-state index is 5.66.